The first kappa shape index (κ1) is 12.8. The molecular weight excluding hydrogens is 214 g/mol. The Morgan fingerprint density at radius 2 is 2.41 bits per heavy atom. The molecule has 2 N–H and O–H groups in total. The second-order valence-corrected chi connectivity index (χ2v) is 5.75. The fraction of sp³-hybridized carbons (Fsp3) is 0.923. The lowest BCUT2D eigenvalue weighted by atomic mass is 9.88. The summed E-state index contributed by atoms with van der Waals surface area (Å²) < 4.78 is 0. The Hall–Kier alpha value is -0.610. The molecule has 1 amide bonds. The van der Waals surface area contributed by atoms with Crippen molar-refractivity contribution in [2.75, 3.05) is 39.3 Å². The normalized spacial score (nSPS) is 34.1. The van der Waals surface area contributed by atoms with Gasteiger partial charge in [0.05, 0.1) is 5.41 Å². The lowest BCUT2D eigenvalue weighted by Crippen LogP contribution is -2.42. The van der Waals surface area contributed by atoms with E-state index in [1.54, 1.807) is 0 Å². The molecule has 2 aliphatic rings. The van der Waals surface area contributed by atoms with E-state index in [1.807, 2.05) is 0 Å². The van der Waals surface area contributed by atoms with Crippen molar-refractivity contribution in [1.29, 1.82) is 0 Å². The highest BCUT2D eigenvalue weighted by atomic mass is 16.2. The molecule has 2 rings (SSSR count). The molecule has 0 aromatic heterocycles. The minimum Gasteiger partial charge on any atom is -0.355 e. The number of carbonyl (C=O) groups excluding carboxylic acids is 1. The van der Waals surface area contributed by atoms with Gasteiger partial charge in [0.1, 0.15) is 0 Å². The summed E-state index contributed by atoms with van der Waals surface area (Å²) in [6.07, 6.45) is 2.19. The van der Waals surface area contributed by atoms with Gasteiger partial charge in [-0.2, -0.15) is 0 Å². The van der Waals surface area contributed by atoms with Gasteiger partial charge in [0, 0.05) is 19.6 Å². The molecule has 4 nitrogen and oxygen atoms in total. The van der Waals surface area contributed by atoms with Crippen molar-refractivity contribution in [3.63, 3.8) is 0 Å². The van der Waals surface area contributed by atoms with Crippen LogP contribution in [0.25, 0.3) is 0 Å². The largest absolute Gasteiger partial charge is 0.355 e. The monoisotopic (exact) mass is 239 g/mol. The van der Waals surface area contributed by atoms with Crippen LogP contribution in [0.1, 0.15) is 26.7 Å². The van der Waals surface area contributed by atoms with Gasteiger partial charge in [-0.25, -0.2) is 0 Å². The van der Waals surface area contributed by atoms with Gasteiger partial charge in [-0.1, -0.05) is 6.92 Å². The van der Waals surface area contributed by atoms with E-state index in [0.717, 1.165) is 39.1 Å². The second kappa shape index (κ2) is 5.36. The number of likely N-dealkylation sites (tertiary alicyclic amines) is 1. The van der Waals surface area contributed by atoms with Gasteiger partial charge in [-0.15, -0.1) is 0 Å². The van der Waals surface area contributed by atoms with E-state index in [4.69, 9.17) is 0 Å². The summed E-state index contributed by atoms with van der Waals surface area (Å²) in [6.45, 7) is 10.4. The van der Waals surface area contributed by atoms with Gasteiger partial charge in [-0.05, 0) is 45.3 Å². The lowest BCUT2D eigenvalue weighted by Gasteiger charge is -2.22. The molecule has 0 aliphatic carbocycles. The van der Waals surface area contributed by atoms with Crippen LogP contribution < -0.4 is 10.6 Å². The highest BCUT2D eigenvalue weighted by Gasteiger charge is 2.36. The predicted molar refractivity (Wildman–Crippen MR) is 68.8 cm³/mol. The standard InChI is InChI=1S/C13H25N3O/c1-3-16-7-4-11(9-16)8-15-12(17)13(2)5-6-14-10-13/h11,14H,3-10H2,1-2H3,(H,15,17). The molecule has 0 radical (unpaired) electrons. The summed E-state index contributed by atoms with van der Waals surface area (Å²) in [5, 5.41) is 6.41. The lowest BCUT2D eigenvalue weighted by molar-refractivity contribution is -0.129. The minimum atomic E-state index is -0.178. The number of amides is 1. The Balaban J connectivity index is 1.73. The number of nitrogens with zero attached hydrogens (tertiary/aromatic N) is 1. The first-order valence-electron chi connectivity index (χ1n) is 6.85. The van der Waals surface area contributed by atoms with Gasteiger partial charge in [0.2, 0.25) is 5.91 Å². The number of nitrogens with one attached hydrogen (secondary N) is 2. The van der Waals surface area contributed by atoms with Crippen molar-refractivity contribution in [2.24, 2.45) is 11.3 Å². The molecule has 17 heavy (non-hydrogen) atoms. The molecule has 2 atom stereocenters. The number of hydrogen-bond acceptors (Lipinski definition) is 3. The average Bonchev–Trinajstić information content (AvgIpc) is 2.95. The molecule has 0 spiro atoms. The Morgan fingerprint density at radius 3 is 3.00 bits per heavy atom. The molecule has 98 valence electrons. The predicted octanol–water partition coefficient (Wildman–Crippen LogP) is 0.444. The fourth-order valence-corrected chi connectivity index (χ4v) is 2.83. The van der Waals surface area contributed by atoms with E-state index >= 15 is 0 Å². The molecule has 2 fully saturated rings. The number of rotatable bonds is 4. The van der Waals surface area contributed by atoms with Crippen molar-refractivity contribution in [1.82, 2.24) is 15.5 Å². The van der Waals surface area contributed by atoms with Crippen LogP contribution in [-0.2, 0) is 4.79 Å². The maximum absolute atomic E-state index is 12.1. The summed E-state index contributed by atoms with van der Waals surface area (Å²) in [5.74, 6) is 0.884. The van der Waals surface area contributed by atoms with Crippen molar-refractivity contribution >= 4 is 5.91 Å². The van der Waals surface area contributed by atoms with E-state index in [-0.39, 0.29) is 11.3 Å². The second-order valence-electron chi connectivity index (χ2n) is 5.75. The van der Waals surface area contributed by atoms with Gasteiger partial charge in [-0.3, -0.25) is 4.79 Å². The quantitative estimate of drug-likeness (QED) is 0.748. The molecule has 2 unspecified atom stereocenters. The molecular formula is C13H25N3O. The van der Waals surface area contributed by atoms with Gasteiger partial charge in [0.25, 0.3) is 0 Å². The van der Waals surface area contributed by atoms with Crippen LogP contribution in [0.4, 0.5) is 0 Å². The number of hydrogen-bond donors (Lipinski definition) is 2. The van der Waals surface area contributed by atoms with E-state index in [9.17, 15) is 4.79 Å². The van der Waals surface area contributed by atoms with Crippen LogP contribution in [0.3, 0.4) is 0 Å². The van der Waals surface area contributed by atoms with Crippen LogP contribution in [-0.4, -0.2) is 50.1 Å². The van der Waals surface area contributed by atoms with Crippen LogP contribution in [0.2, 0.25) is 0 Å². The Bertz CT molecular complexity index is 274. The molecule has 2 aliphatic heterocycles. The van der Waals surface area contributed by atoms with Crippen molar-refractivity contribution in [2.45, 2.75) is 26.7 Å². The van der Waals surface area contributed by atoms with E-state index in [2.05, 4.69) is 29.4 Å². The maximum Gasteiger partial charge on any atom is 0.227 e. The zero-order chi connectivity index (χ0) is 12.3. The first-order chi connectivity index (χ1) is 8.14. The smallest absolute Gasteiger partial charge is 0.227 e. The molecule has 2 heterocycles. The third-order valence-corrected chi connectivity index (χ3v) is 4.29. The van der Waals surface area contributed by atoms with Gasteiger partial charge < -0.3 is 15.5 Å². The highest BCUT2D eigenvalue weighted by molar-refractivity contribution is 5.82. The van der Waals surface area contributed by atoms with Crippen molar-refractivity contribution < 1.29 is 4.79 Å². The van der Waals surface area contributed by atoms with Crippen molar-refractivity contribution in [3.8, 4) is 0 Å². The van der Waals surface area contributed by atoms with E-state index in [0.29, 0.717) is 5.92 Å². The molecule has 2 saturated heterocycles. The zero-order valence-corrected chi connectivity index (χ0v) is 11.1. The summed E-state index contributed by atoms with van der Waals surface area (Å²) in [7, 11) is 0. The molecule has 0 bridgehead atoms. The molecule has 4 heteroatoms. The Kier molecular flexibility index (Phi) is 4.05. The van der Waals surface area contributed by atoms with Crippen LogP contribution >= 0.6 is 0 Å². The van der Waals surface area contributed by atoms with Crippen molar-refractivity contribution in [3.05, 3.63) is 0 Å². The highest BCUT2D eigenvalue weighted by Crippen LogP contribution is 2.24. The minimum absolute atomic E-state index is 0.178. The topological polar surface area (TPSA) is 44.4 Å². The SMILES string of the molecule is CCN1CCC(CNC(=O)C2(C)CCNC2)C1. The average molecular weight is 239 g/mol. The fourth-order valence-electron chi connectivity index (χ4n) is 2.83. The summed E-state index contributed by atoms with van der Waals surface area (Å²) >= 11 is 0. The molecule has 0 aromatic rings. The Morgan fingerprint density at radius 1 is 1.59 bits per heavy atom. The number of carbonyl (C=O) groups is 1. The Labute approximate surface area is 104 Å². The van der Waals surface area contributed by atoms with Crippen LogP contribution in [0.5, 0.6) is 0 Å². The summed E-state index contributed by atoms with van der Waals surface area (Å²) in [5.41, 5.74) is -0.178. The van der Waals surface area contributed by atoms with Gasteiger partial charge >= 0.3 is 0 Å². The van der Waals surface area contributed by atoms with E-state index < -0.39 is 0 Å². The molecule has 0 aromatic carbocycles. The molecule has 0 saturated carbocycles. The van der Waals surface area contributed by atoms with Crippen LogP contribution in [0.15, 0.2) is 0 Å². The first-order valence-corrected chi connectivity index (χ1v) is 6.85. The third-order valence-electron chi connectivity index (χ3n) is 4.29. The van der Waals surface area contributed by atoms with E-state index in [1.165, 1.54) is 13.0 Å². The van der Waals surface area contributed by atoms with Crippen LogP contribution in [0, 0.1) is 11.3 Å². The maximum atomic E-state index is 12.1. The summed E-state index contributed by atoms with van der Waals surface area (Å²) in [4.78, 5) is 14.6. The summed E-state index contributed by atoms with van der Waals surface area (Å²) in [6, 6.07) is 0. The zero-order valence-electron chi connectivity index (χ0n) is 11.1. The third kappa shape index (κ3) is 2.99. The van der Waals surface area contributed by atoms with Gasteiger partial charge in [0.15, 0.2) is 0 Å².